The van der Waals surface area contributed by atoms with Crippen LogP contribution in [0.2, 0.25) is 0 Å². The van der Waals surface area contributed by atoms with E-state index in [4.69, 9.17) is 31.4 Å². The number of hydrogen-bond donors (Lipinski definition) is 8. The van der Waals surface area contributed by atoms with Crippen LogP contribution < -0.4 is 38.5 Å². The van der Waals surface area contributed by atoms with E-state index in [0.29, 0.717) is 63.8 Å². The number of imidazole rings is 1. The van der Waals surface area contributed by atoms with Crippen molar-refractivity contribution in [3.63, 3.8) is 0 Å². The maximum atomic E-state index is 14.2. The van der Waals surface area contributed by atoms with Crippen LogP contribution in [0.5, 0.6) is 0 Å². The van der Waals surface area contributed by atoms with Gasteiger partial charge in [-0.2, -0.15) is 0 Å². The molecular formula is C47H78N10O9. The normalized spacial score (nSPS) is 13.6. The number of ketones is 3. The van der Waals surface area contributed by atoms with Crippen LogP contribution >= 0.6 is 0 Å². The minimum Gasteiger partial charge on any atom is -0.378 e. The summed E-state index contributed by atoms with van der Waals surface area (Å²) >= 11 is 0. The highest BCUT2D eigenvalue weighted by Gasteiger charge is 2.34. The summed E-state index contributed by atoms with van der Waals surface area (Å²) in [4.78, 5) is 93.6. The van der Waals surface area contributed by atoms with Crippen molar-refractivity contribution in [2.75, 3.05) is 59.3 Å². The number of Topliss-reactive ketones (excluding diaryl/α,β-unsaturated/α-hetero) is 3. The molecule has 0 radical (unpaired) electrons. The Kier molecular flexibility index (Phi) is 28.9. The highest BCUT2D eigenvalue weighted by molar-refractivity contribution is 5.96. The van der Waals surface area contributed by atoms with Crippen LogP contribution in [0.25, 0.3) is 0 Å². The van der Waals surface area contributed by atoms with Gasteiger partial charge in [0.05, 0.1) is 63.4 Å². The van der Waals surface area contributed by atoms with Crippen molar-refractivity contribution in [1.82, 2.24) is 31.2 Å². The lowest BCUT2D eigenvalue weighted by atomic mass is 9.87. The molecule has 0 aliphatic rings. The first kappa shape index (κ1) is 57.0. The molecule has 2 aromatic rings. The largest absolute Gasteiger partial charge is 0.378 e. The summed E-state index contributed by atoms with van der Waals surface area (Å²) in [5, 5.41) is 11.8. The number of nitrogens with one attached hydrogen (secondary N) is 5. The molecule has 0 saturated carbocycles. The number of amides is 3. The number of carbonyl (C=O) groups is 6. The van der Waals surface area contributed by atoms with Crippen molar-refractivity contribution in [3.05, 3.63) is 54.1 Å². The first-order chi connectivity index (χ1) is 31.6. The molecule has 11 N–H and O–H groups in total. The Balaban J connectivity index is 2.18. The van der Waals surface area contributed by atoms with Crippen LogP contribution in [0, 0.1) is 17.8 Å². The zero-order valence-electron chi connectivity index (χ0n) is 39.8. The Bertz CT molecular complexity index is 1740. The monoisotopic (exact) mass is 927 g/mol. The Morgan fingerprint density at radius 2 is 1.41 bits per heavy atom. The van der Waals surface area contributed by atoms with E-state index in [1.807, 2.05) is 30.3 Å². The number of benzene rings is 1. The number of guanidine groups is 1. The van der Waals surface area contributed by atoms with Crippen molar-refractivity contribution in [3.8, 4) is 0 Å². The average molecular weight is 927 g/mol. The van der Waals surface area contributed by atoms with Gasteiger partial charge >= 0.3 is 0 Å². The molecule has 3 amide bonds. The predicted octanol–water partition coefficient (Wildman–Crippen LogP) is 1.67. The zero-order chi connectivity index (χ0) is 48.7. The first-order valence-corrected chi connectivity index (χ1v) is 23.4. The van der Waals surface area contributed by atoms with Gasteiger partial charge in [0.25, 0.3) is 0 Å². The second-order valence-electron chi connectivity index (χ2n) is 17.1. The maximum absolute atomic E-state index is 14.2. The number of nitrogens with zero attached hydrogens (tertiary/aromatic N) is 2. The molecule has 66 heavy (non-hydrogen) atoms. The minimum atomic E-state index is -1.03. The summed E-state index contributed by atoms with van der Waals surface area (Å²) in [5.74, 6) is -4.78. The van der Waals surface area contributed by atoms with Crippen LogP contribution in [-0.2, 0) is 55.8 Å². The van der Waals surface area contributed by atoms with Gasteiger partial charge in [-0.1, -0.05) is 65.0 Å². The van der Waals surface area contributed by atoms with Gasteiger partial charge < -0.3 is 57.7 Å². The number of carbonyl (C=O) groups excluding carboxylic acids is 6. The third kappa shape index (κ3) is 24.4. The number of ether oxygens (including phenoxy) is 3. The zero-order valence-corrected chi connectivity index (χ0v) is 39.8. The second-order valence-corrected chi connectivity index (χ2v) is 17.1. The molecule has 0 bridgehead atoms. The number of rotatable bonds is 38. The van der Waals surface area contributed by atoms with Gasteiger partial charge in [-0.05, 0) is 56.6 Å². The SMILES string of the molecule is CCC(=O)[C@H](Cc1ccccc1)NC(=O)[C@@H](CC(=O)[C@@H](NC(=O)[C@H](CCCN=C(N)N)CC(=O)[C@H](CCCCN)NC(=O)COCCOCCOCCNC(C)C)C(C)C)Cc1cnc[nH]1. The van der Waals surface area contributed by atoms with Gasteiger partial charge in [-0.3, -0.25) is 33.8 Å². The second kappa shape index (κ2) is 33.4. The molecule has 1 heterocycles. The third-order valence-corrected chi connectivity index (χ3v) is 10.8. The van der Waals surface area contributed by atoms with Crippen LogP contribution in [0.4, 0.5) is 0 Å². The Hall–Kier alpha value is -5.08. The quantitative estimate of drug-likeness (QED) is 0.0270. The summed E-state index contributed by atoms with van der Waals surface area (Å²) in [7, 11) is 0. The molecule has 19 heteroatoms. The lowest BCUT2D eigenvalue weighted by Crippen LogP contribution is -2.50. The van der Waals surface area contributed by atoms with E-state index in [-0.39, 0.29) is 82.4 Å². The summed E-state index contributed by atoms with van der Waals surface area (Å²) < 4.78 is 16.5. The van der Waals surface area contributed by atoms with Crippen molar-refractivity contribution >= 4 is 41.0 Å². The molecular weight excluding hydrogens is 849 g/mol. The third-order valence-electron chi connectivity index (χ3n) is 10.8. The number of nitrogens with two attached hydrogens (primary N) is 3. The Labute approximate surface area is 390 Å². The topological polar surface area (TPSA) is 297 Å². The smallest absolute Gasteiger partial charge is 0.246 e. The average Bonchev–Trinajstić information content (AvgIpc) is 3.80. The number of H-pyrrole nitrogens is 1. The minimum absolute atomic E-state index is 0.118. The maximum Gasteiger partial charge on any atom is 0.246 e. The first-order valence-electron chi connectivity index (χ1n) is 23.4. The van der Waals surface area contributed by atoms with Crippen molar-refractivity contribution in [2.45, 2.75) is 123 Å². The summed E-state index contributed by atoms with van der Waals surface area (Å²) in [6, 6.07) is 6.98. The lowest BCUT2D eigenvalue weighted by Gasteiger charge is -2.27. The van der Waals surface area contributed by atoms with Crippen molar-refractivity contribution < 1.29 is 43.0 Å². The molecule has 1 aromatic heterocycles. The number of hydrogen-bond acceptors (Lipinski definition) is 13. The molecule has 5 atom stereocenters. The van der Waals surface area contributed by atoms with Gasteiger partial charge in [-0.25, -0.2) is 4.98 Å². The molecule has 0 aliphatic heterocycles. The molecule has 0 unspecified atom stereocenters. The van der Waals surface area contributed by atoms with Gasteiger partial charge in [0.1, 0.15) is 6.61 Å². The standard InChI is InChI=1S/C47H78N10O9/c1-6-40(58)39(25-34-13-8-7-9-14-34)56-46(63)36(26-37-29-51-31-54-37)28-42(60)44(32(2)3)57-45(62)35(15-12-18-53-47(49)50)27-41(59)38(16-10-11-17-48)55-43(61)30-66-24-23-65-22-21-64-20-19-52-33(4)5/h7-9,13-14,29,31-33,35-36,38-39,44,52H,6,10-12,15-28,30,48H2,1-5H3,(H,51,54)(H,55,61)(H,56,63)(H,57,62)(H4,49,50,53)/t35-,36-,38+,39+,44+/m1/s1. The van der Waals surface area contributed by atoms with Gasteiger partial charge in [0, 0.05) is 62.6 Å². The van der Waals surface area contributed by atoms with E-state index in [2.05, 4.69) is 50.1 Å². The fraction of sp³-hybridized carbons (Fsp3) is 0.660. The Morgan fingerprint density at radius 3 is 2.03 bits per heavy atom. The molecule has 0 aliphatic carbocycles. The van der Waals surface area contributed by atoms with Crippen molar-refractivity contribution in [1.29, 1.82) is 0 Å². The number of aromatic amines is 1. The predicted molar refractivity (Wildman–Crippen MR) is 253 cm³/mol. The van der Waals surface area contributed by atoms with E-state index in [0.717, 1.165) is 12.1 Å². The van der Waals surface area contributed by atoms with Crippen LogP contribution in [0.3, 0.4) is 0 Å². The van der Waals surface area contributed by atoms with E-state index < -0.39 is 59.4 Å². The van der Waals surface area contributed by atoms with Gasteiger partial charge in [0.2, 0.25) is 17.7 Å². The Morgan fingerprint density at radius 1 is 0.742 bits per heavy atom. The van der Waals surface area contributed by atoms with Crippen LogP contribution in [0.15, 0.2) is 47.8 Å². The van der Waals surface area contributed by atoms with Crippen LogP contribution in [0.1, 0.15) is 97.2 Å². The number of aliphatic imine (C=N–C) groups is 1. The summed E-state index contributed by atoms with van der Waals surface area (Å²) in [5.41, 5.74) is 18.3. The molecule has 19 nitrogen and oxygen atoms in total. The fourth-order valence-corrected chi connectivity index (χ4v) is 7.13. The summed E-state index contributed by atoms with van der Waals surface area (Å²) in [6.45, 7) is 12.2. The van der Waals surface area contributed by atoms with E-state index >= 15 is 0 Å². The van der Waals surface area contributed by atoms with Crippen molar-refractivity contribution in [2.24, 2.45) is 39.9 Å². The lowest BCUT2D eigenvalue weighted by molar-refractivity contribution is -0.136. The molecule has 0 saturated heterocycles. The van der Waals surface area contributed by atoms with E-state index in [9.17, 15) is 28.8 Å². The number of aromatic nitrogens is 2. The van der Waals surface area contributed by atoms with Gasteiger partial charge in [-0.15, -0.1) is 0 Å². The molecule has 1 aromatic carbocycles. The summed E-state index contributed by atoms with van der Waals surface area (Å²) in [6.07, 6.45) is 5.16. The molecule has 2 rings (SSSR count). The highest BCUT2D eigenvalue weighted by atomic mass is 16.5. The molecule has 0 spiro atoms. The molecule has 370 valence electrons. The highest BCUT2D eigenvalue weighted by Crippen LogP contribution is 2.20. The fourth-order valence-electron chi connectivity index (χ4n) is 7.13. The van der Waals surface area contributed by atoms with E-state index in [1.54, 1.807) is 27.0 Å². The van der Waals surface area contributed by atoms with Gasteiger partial charge in [0.15, 0.2) is 23.3 Å². The van der Waals surface area contributed by atoms with E-state index in [1.165, 1.54) is 6.33 Å². The number of unbranched alkanes of at least 4 members (excludes halogenated alkanes) is 1. The van der Waals surface area contributed by atoms with Crippen LogP contribution in [-0.4, -0.2) is 134 Å². The molecule has 0 fully saturated rings.